The van der Waals surface area contributed by atoms with Crippen LogP contribution in [0.25, 0.3) is 21.8 Å². The molecule has 0 saturated carbocycles. The third kappa shape index (κ3) is 4.02. The molecule has 0 aliphatic rings. The first-order chi connectivity index (χ1) is 15.2. The van der Waals surface area contributed by atoms with Crippen molar-refractivity contribution < 1.29 is 27.4 Å². The molecule has 4 rings (SSSR count). The van der Waals surface area contributed by atoms with Crippen molar-refractivity contribution in [3.8, 4) is 11.6 Å². The number of rotatable bonds is 4. The summed E-state index contributed by atoms with van der Waals surface area (Å²) in [6, 6.07) is 9.58. The number of ether oxygens (including phenoxy) is 2. The van der Waals surface area contributed by atoms with Crippen molar-refractivity contribution in [2.24, 2.45) is 0 Å². The highest BCUT2D eigenvalue weighted by Gasteiger charge is 2.42. The van der Waals surface area contributed by atoms with Crippen molar-refractivity contribution in [3.05, 3.63) is 42.1 Å². The number of carbonyl (C=O) groups excluding carboxylic acids is 1. The lowest BCUT2D eigenvalue weighted by Crippen LogP contribution is -2.28. The number of nitrogens with one attached hydrogen (secondary N) is 1. The second-order valence-electron chi connectivity index (χ2n) is 6.62. The highest BCUT2D eigenvalue weighted by atomic mass is 19.4. The van der Waals surface area contributed by atoms with E-state index in [9.17, 15) is 18.0 Å². The highest BCUT2D eigenvalue weighted by Crippen LogP contribution is 2.30. The Hall–Kier alpha value is -4.22. The van der Waals surface area contributed by atoms with E-state index in [4.69, 9.17) is 10.5 Å². The van der Waals surface area contributed by atoms with Crippen LogP contribution in [0, 0.1) is 6.92 Å². The molecule has 0 spiro atoms. The largest absolute Gasteiger partial charge is 0.497 e. The number of carbonyl (C=O) groups is 1. The molecule has 12 heteroatoms. The molecule has 0 amide bonds. The summed E-state index contributed by atoms with van der Waals surface area (Å²) in [6.07, 6.45) is -5.20. The van der Waals surface area contributed by atoms with Crippen molar-refractivity contribution in [3.63, 3.8) is 0 Å². The normalized spacial score (nSPS) is 11.5. The zero-order chi connectivity index (χ0) is 23.0. The molecule has 0 fully saturated rings. The molecule has 4 aromatic rings. The van der Waals surface area contributed by atoms with Crippen LogP contribution in [0.1, 0.15) is 5.69 Å². The minimum absolute atomic E-state index is 0.0378. The predicted octanol–water partition coefficient (Wildman–Crippen LogP) is 3.68. The zero-order valence-electron chi connectivity index (χ0n) is 16.7. The minimum Gasteiger partial charge on any atom is -0.497 e. The number of hydrogen-bond acceptors (Lipinski definition) is 9. The van der Waals surface area contributed by atoms with Crippen LogP contribution in [-0.4, -0.2) is 39.2 Å². The maximum atomic E-state index is 12.7. The molecule has 164 valence electrons. The second kappa shape index (κ2) is 7.80. The van der Waals surface area contributed by atoms with Gasteiger partial charge in [0.25, 0.3) is 0 Å². The molecule has 2 aromatic carbocycles. The van der Waals surface area contributed by atoms with Gasteiger partial charge in [-0.15, -0.1) is 0 Å². The zero-order valence-corrected chi connectivity index (χ0v) is 16.7. The second-order valence-corrected chi connectivity index (χ2v) is 6.62. The monoisotopic (exact) mass is 444 g/mol. The summed E-state index contributed by atoms with van der Waals surface area (Å²) in [5.74, 6) is -2.50. The fourth-order valence-corrected chi connectivity index (χ4v) is 2.97. The molecule has 9 nitrogen and oxygen atoms in total. The number of halogens is 3. The van der Waals surface area contributed by atoms with Gasteiger partial charge in [0.05, 0.1) is 29.4 Å². The number of nitrogens with zero attached hydrogens (tertiary/aromatic N) is 4. The Morgan fingerprint density at radius 3 is 2.50 bits per heavy atom. The lowest BCUT2D eigenvalue weighted by atomic mass is 10.2. The van der Waals surface area contributed by atoms with Gasteiger partial charge in [-0.3, -0.25) is 5.32 Å². The first-order valence-electron chi connectivity index (χ1n) is 9.10. The topological polar surface area (TPSA) is 125 Å². The van der Waals surface area contributed by atoms with Gasteiger partial charge in [0.1, 0.15) is 11.3 Å². The Kier molecular flexibility index (Phi) is 5.12. The van der Waals surface area contributed by atoms with E-state index in [0.717, 1.165) is 5.39 Å². The number of nitrogen functional groups attached to an aromatic ring is 1. The lowest BCUT2D eigenvalue weighted by Gasteiger charge is -2.12. The van der Waals surface area contributed by atoms with E-state index in [1.54, 1.807) is 32.2 Å². The number of anilines is 3. The summed E-state index contributed by atoms with van der Waals surface area (Å²) >= 11 is 0. The number of aryl methyl sites for hydroxylation is 1. The van der Waals surface area contributed by atoms with Gasteiger partial charge in [-0.25, -0.2) is 19.7 Å². The van der Waals surface area contributed by atoms with Gasteiger partial charge in [0.2, 0.25) is 17.8 Å². The molecule has 2 aromatic heterocycles. The van der Waals surface area contributed by atoms with Crippen molar-refractivity contribution in [2.45, 2.75) is 13.1 Å². The van der Waals surface area contributed by atoms with Crippen molar-refractivity contribution in [1.82, 2.24) is 19.9 Å². The predicted molar refractivity (Wildman–Crippen MR) is 110 cm³/mol. The van der Waals surface area contributed by atoms with Gasteiger partial charge >= 0.3 is 12.1 Å². The molecule has 0 bridgehead atoms. The highest BCUT2D eigenvalue weighted by molar-refractivity contribution is 5.95. The third-order valence-corrected chi connectivity index (χ3v) is 4.46. The van der Waals surface area contributed by atoms with Crippen LogP contribution in [0.3, 0.4) is 0 Å². The van der Waals surface area contributed by atoms with Crippen LogP contribution in [0.2, 0.25) is 0 Å². The number of alkyl halides is 3. The molecule has 3 N–H and O–H groups in total. The summed E-state index contributed by atoms with van der Waals surface area (Å²) in [6.45, 7) is 1.75. The third-order valence-electron chi connectivity index (χ3n) is 4.46. The Labute approximate surface area is 178 Å². The molecule has 0 aliphatic carbocycles. The standard InChI is InChI=1S/C20H15F3N6O3/c1-9-12-8-10(31-2)6-7-14(12)26-18(25-9)29-19-27-15-11(4-3-5-13(15)24)16(28-19)32-17(30)20(21,22)23/h3-8H,24H2,1-2H3,(H,25,26,27,28,29). The van der Waals surface area contributed by atoms with Gasteiger partial charge in [-0.1, -0.05) is 6.07 Å². The number of methoxy groups -OCH3 is 1. The fourth-order valence-electron chi connectivity index (χ4n) is 2.97. The van der Waals surface area contributed by atoms with Crippen molar-refractivity contribution in [1.29, 1.82) is 0 Å². The number of para-hydroxylation sites is 1. The van der Waals surface area contributed by atoms with Crippen molar-refractivity contribution in [2.75, 3.05) is 18.2 Å². The lowest BCUT2D eigenvalue weighted by molar-refractivity contribution is -0.189. The summed E-state index contributed by atoms with van der Waals surface area (Å²) in [4.78, 5) is 28.2. The SMILES string of the molecule is COc1ccc2nc(Nc3nc(OC(=O)C(F)(F)F)c4cccc(N)c4n3)nc(C)c2c1. The fraction of sp³-hybridized carbons (Fsp3) is 0.150. The number of esters is 1. The van der Waals surface area contributed by atoms with Crippen LogP contribution in [-0.2, 0) is 4.79 Å². The van der Waals surface area contributed by atoms with Crippen LogP contribution in [0.15, 0.2) is 36.4 Å². The number of nitrogens with two attached hydrogens (primary N) is 1. The van der Waals surface area contributed by atoms with E-state index in [1.807, 2.05) is 0 Å². The van der Waals surface area contributed by atoms with E-state index >= 15 is 0 Å². The van der Waals surface area contributed by atoms with Crippen LogP contribution >= 0.6 is 0 Å². The van der Waals surface area contributed by atoms with Gasteiger partial charge in [0, 0.05) is 5.39 Å². The van der Waals surface area contributed by atoms with E-state index in [-0.39, 0.29) is 28.5 Å². The summed E-state index contributed by atoms with van der Waals surface area (Å²) < 4.78 is 47.8. The van der Waals surface area contributed by atoms with Gasteiger partial charge < -0.3 is 15.2 Å². The van der Waals surface area contributed by atoms with E-state index in [0.29, 0.717) is 17.0 Å². The Morgan fingerprint density at radius 1 is 1.03 bits per heavy atom. The average molecular weight is 444 g/mol. The number of fused-ring (bicyclic) bond motifs is 2. The number of benzene rings is 2. The molecule has 0 saturated heterocycles. The molecule has 0 radical (unpaired) electrons. The Balaban J connectivity index is 1.78. The van der Waals surface area contributed by atoms with Gasteiger partial charge in [-0.2, -0.15) is 18.2 Å². The number of aromatic nitrogens is 4. The minimum atomic E-state index is -5.20. The van der Waals surface area contributed by atoms with Crippen molar-refractivity contribution >= 4 is 45.4 Å². The van der Waals surface area contributed by atoms with E-state index in [1.165, 1.54) is 18.2 Å². The first kappa shape index (κ1) is 21.0. The summed E-state index contributed by atoms with van der Waals surface area (Å²) in [5.41, 5.74) is 7.35. The van der Waals surface area contributed by atoms with Crippen LogP contribution < -0.4 is 20.5 Å². The molecule has 0 aliphatic heterocycles. The van der Waals surface area contributed by atoms with E-state index < -0.39 is 18.0 Å². The Morgan fingerprint density at radius 2 is 1.78 bits per heavy atom. The summed E-state index contributed by atoms with van der Waals surface area (Å²) in [5, 5.41) is 3.52. The average Bonchev–Trinajstić information content (AvgIpc) is 2.73. The molecule has 2 heterocycles. The molecular formula is C20H15F3N6O3. The quantitative estimate of drug-likeness (QED) is 0.358. The molecule has 0 unspecified atom stereocenters. The smallest absolute Gasteiger partial charge is 0.491 e. The van der Waals surface area contributed by atoms with E-state index in [2.05, 4.69) is 30.0 Å². The first-order valence-corrected chi connectivity index (χ1v) is 9.10. The molecular weight excluding hydrogens is 429 g/mol. The maximum absolute atomic E-state index is 12.7. The van der Waals surface area contributed by atoms with Crippen LogP contribution in [0.5, 0.6) is 11.6 Å². The van der Waals surface area contributed by atoms with Gasteiger partial charge in [0.15, 0.2) is 0 Å². The van der Waals surface area contributed by atoms with Crippen LogP contribution in [0.4, 0.5) is 30.8 Å². The molecule has 32 heavy (non-hydrogen) atoms. The Bertz CT molecular complexity index is 1360. The van der Waals surface area contributed by atoms with Gasteiger partial charge in [-0.05, 0) is 37.3 Å². The summed E-state index contributed by atoms with van der Waals surface area (Å²) in [7, 11) is 1.54. The maximum Gasteiger partial charge on any atom is 0.491 e. The molecule has 0 atom stereocenters. The number of hydrogen-bond donors (Lipinski definition) is 2.